The summed E-state index contributed by atoms with van der Waals surface area (Å²) in [5, 5.41) is 12.9. The number of carbonyl (C=O) groups is 1. The Labute approximate surface area is 104 Å². The molecular formula is C13H25NO3. The summed E-state index contributed by atoms with van der Waals surface area (Å²) >= 11 is 0. The van der Waals surface area contributed by atoms with E-state index in [0.29, 0.717) is 6.42 Å². The van der Waals surface area contributed by atoms with Crippen LogP contribution in [0.25, 0.3) is 0 Å². The number of carbonyl (C=O) groups excluding carboxylic acids is 1. The van der Waals surface area contributed by atoms with Crippen molar-refractivity contribution in [2.75, 3.05) is 26.8 Å². The van der Waals surface area contributed by atoms with E-state index in [1.807, 2.05) is 0 Å². The molecule has 0 saturated heterocycles. The maximum Gasteiger partial charge on any atom is 0.305 e. The highest BCUT2D eigenvalue weighted by Crippen LogP contribution is 2.35. The van der Waals surface area contributed by atoms with Crippen LogP contribution in [0.2, 0.25) is 0 Å². The van der Waals surface area contributed by atoms with Gasteiger partial charge in [0, 0.05) is 25.0 Å². The van der Waals surface area contributed by atoms with Crippen LogP contribution in [0.5, 0.6) is 0 Å². The molecular weight excluding hydrogens is 218 g/mol. The van der Waals surface area contributed by atoms with E-state index in [-0.39, 0.29) is 18.0 Å². The standard InChI is InChI=1S/C13H25NO3/c1-17-12(16)6-5-9-14-10-13(11-15)7-3-2-4-8-13/h14-15H,2-11H2,1H3. The Hall–Kier alpha value is -0.610. The third-order valence-electron chi connectivity index (χ3n) is 3.71. The number of hydrogen-bond donors (Lipinski definition) is 2. The molecule has 0 aliphatic heterocycles. The fraction of sp³-hybridized carbons (Fsp3) is 0.923. The number of hydrogen-bond acceptors (Lipinski definition) is 4. The molecule has 1 aliphatic carbocycles. The molecule has 1 rings (SSSR count). The van der Waals surface area contributed by atoms with Crippen molar-refractivity contribution in [3.8, 4) is 0 Å². The summed E-state index contributed by atoms with van der Waals surface area (Å²) in [5.41, 5.74) is 0.0868. The van der Waals surface area contributed by atoms with Gasteiger partial charge in [0.1, 0.15) is 0 Å². The number of aliphatic hydroxyl groups excluding tert-OH is 1. The first-order chi connectivity index (χ1) is 8.22. The summed E-state index contributed by atoms with van der Waals surface area (Å²) in [4.78, 5) is 10.9. The molecule has 0 bridgehead atoms. The second-order valence-corrected chi connectivity index (χ2v) is 5.08. The molecule has 1 aliphatic rings. The zero-order valence-corrected chi connectivity index (χ0v) is 10.8. The van der Waals surface area contributed by atoms with Gasteiger partial charge in [-0.25, -0.2) is 0 Å². The van der Waals surface area contributed by atoms with Crippen molar-refractivity contribution in [1.82, 2.24) is 5.32 Å². The van der Waals surface area contributed by atoms with Crippen molar-refractivity contribution in [2.24, 2.45) is 5.41 Å². The minimum Gasteiger partial charge on any atom is -0.469 e. The zero-order valence-electron chi connectivity index (χ0n) is 10.8. The summed E-state index contributed by atoms with van der Waals surface area (Å²) < 4.78 is 4.58. The first-order valence-corrected chi connectivity index (χ1v) is 6.61. The van der Waals surface area contributed by atoms with Crippen LogP contribution in [0.3, 0.4) is 0 Å². The molecule has 4 nitrogen and oxygen atoms in total. The Morgan fingerprint density at radius 2 is 2.06 bits per heavy atom. The molecule has 0 unspecified atom stereocenters. The van der Waals surface area contributed by atoms with Gasteiger partial charge >= 0.3 is 5.97 Å². The Morgan fingerprint density at radius 1 is 1.35 bits per heavy atom. The smallest absolute Gasteiger partial charge is 0.305 e. The van der Waals surface area contributed by atoms with E-state index in [2.05, 4.69) is 10.1 Å². The lowest BCUT2D eigenvalue weighted by Crippen LogP contribution is -2.39. The molecule has 1 fully saturated rings. The predicted molar refractivity (Wildman–Crippen MR) is 66.7 cm³/mol. The lowest BCUT2D eigenvalue weighted by Gasteiger charge is -2.35. The van der Waals surface area contributed by atoms with Crippen molar-refractivity contribution < 1.29 is 14.6 Å². The predicted octanol–water partition coefficient (Wildman–Crippen LogP) is 1.47. The fourth-order valence-electron chi connectivity index (χ4n) is 2.51. The van der Waals surface area contributed by atoms with Crippen LogP contribution in [0, 0.1) is 5.41 Å². The van der Waals surface area contributed by atoms with Crippen LogP contribution in [-0.2, 0) is 9.53 Å². The quantitative estimate of drug-likeness (QED) is 0.525. The summed E-state index contributed by atoms with van der Waals surface area (Å²) in [7, 11) is 1.42. The molecule has 0 amide bonds. The topological polar surface area (TPSA) is 58.6 Å². The molecule has 0 atom stereocenters. The Kier molecular flexibility index (Phi) is 6.52. The molecule has 1 saturated carbocycles. The van der Waals surface area contributed by atoms with Gasteiger partial charge in [-0.05, 0) is 25.8 Å². The summed E-state index contributed by atoms with van der Waals surface area (Å²) in [6, 6.07) is 0. The van der Waals surface area contributed by atoms with Gasteiger partial charge in [-0.1, -0.05) is 19.3 Å². The van der Waals surface area contributed by atoms with E-state index in [0.717, 1.165) is 32.4 Å². The molecule has 2 N–H and O–H groups in total. The largest absolute Gasteiger partial charge is 0.469 e. The fourth-order valence-corrected chi connectivity index (χ4v) is 2.51. The molecule has 17 heavy (non-hydrogen) atoms. The SMILES string of the molecule is COC(=O)CCCNCC1(CO)CCCCC1. The van der Waals surface area contributed by atoms with Crippen molar-refractivity contribution in [3.05, 3.63) is 0 Å². The van der Waals surface area contributed by atoms with Crippen molar-refractivity contribution >= 4 is 5.97 Å². The van der Waals surface area contributed by atoms with E-state index in [9.17, 15) is 9.90 Å². The van der Waals surface area contributed by atoms with E-state index < -0.39 is 0 Å². The maximum atomic E-state index is 10.9. The van der Waals surface area contributed by atoms with Gasteiger partial charge < -0.3 is 15.2 Å². The van der Waals surface area contributed by atoms with E-state index in [4.69, 9.17) is 0 Å². The lowest BCUT2D eigenvalue weighted by molar-refractivity contribution is -0.140. The normalized spacial score (nSPS) is 18.9. The molecule has 0 spiro atoms. The van der Waals surface area contributed by atoms with Gasteiger partial charge in [0.05, 0.1) is 7.11 Å². The minimum absolute atomic E-state index is 0.0868. The number of methoxy groups -OCH3 is 1. The highest BCUT2D eigenvalue weighted by atomic mass is 16.5. The first kappa shape index (κ1) is 14.5. The number of esters is 1. The average molecular weight is 243 g/mol. The Morgan fingerprint density at radius 3 is 2.65 bits per heavy atom. The number of aliphatic hydroxyl groups is 1. The highest BCUT2D eigenvalue weighted by Gasteiger charge is 2.30. The first-order valence-electron chi connectivity index (χ1n) is 6.61. The third kappa shape index (κ3) is 5.04. The van der Waals surface area contributed by atoms with Crippen LogP contribution in [0.1, 0.15) is 44.9 Å². The van der Waals surface area contributed by atoms with E-state index in [1.54, 1.807) is 0 Å². The second-order valence-electron chi connectivity index (χ2n) is 5.08. The molecule has 4 heteroatoms. The van der Waals surface area contributed by atoms with Crippen LogP contribution in [0.15, 0.2) is 0 Å². The molecule has 0 heterocycles. The Bertz CT molecular complexity index is 225. The molecule has 0 aromatic heterocycles. The summed E-state index contributed by atoms with van der Waals surface area (Å²) in [6.07, 6.45) is 7.25. The van der Waals surface area contributed by atoms with Crippen LogP contribution in [-0.4, -0.2) is 37.9 Å². The van der Waals surface area contributed by atoms with Gasteiger partial charge in [-0.2, -0.15) is 0 Å². The molecule has 0 radical (unpaired) electrons. The van der Waals surface area contributed by atoms with Crippen LogP contribution in [0.4, 0.5) is 0 Å². The van der Waals surface area contributed by atoms with Gasteiger partial charge in [-0.3, -0.25) is 4.79 Å². The monoisotopic (exact) mass is 243 g/mol. The lowest BCUT2D eigenvalue weighted by atomic mass is 9.74. The van der Waals surface area contributed by atoms with E-state index >= 15 is 0 Å². The Balaban J connectivity index is 2.13. The molecule has 0 aromatic carbocycles. The molecule has 100 valence electrons. The van der Waals surface area contributed by atoms with Crippen LogP contribution < -0.4 is 5.32 Å². The maximum absolute atomic E-state index is 10.9. The van der Waals surface area contributed by atoms with Crippen molar-refractivity contribution in [3.63, 3.8) is 0 Å². The van der Waals surface area contributed by atoms with Crippen LogP contribution >= 0.6 is 0 Å². The number of nitrogens with one attached hydrogen (secondary N) is 1. The average Bonchev–Trinajstić information content (AvgIpc) is 2.39. The second kappa shape index (κ2) is 7.67. The number of ether oxygens (including phenoxy) is 1. The molecule has 0 aromatic rings. The summed E-state index contributed by atoms with van der Waals surface area (Å²) in [5.74, 6) is -0.152. The van der Waals surface area contributed by atoms with Crippen molar-refractivity contribution in [2.45, 2.75) is 44.9 Å². The number of rotatable bonds is 7. The van der Waals surface area contributed by atoms with Gasteiger partial charge in [-0.15, -0.1) is 0 Å². The van der Waals surface area contributed by atoms with Gasteiger partial charge in [0.2, 0.25) is 0 Å². The zero-order chi connectivity index (χ0) is 12.6. The summed E-state index contributed by atoms with van der Waals surface area (Å²) in [6.45, 7) is 1.96. The van der Waals surface area contributed by atoms with Crippen molar-refractivity contribution in [1.29, 1.82) is 0 Å². The minimum atomic E-state index is -0.152. The van der Waals surface area contributed by atoms with E-state index in [1.165, 1.54) is 26.4 Å². The van der Waals surface area contributed by atoms with Gasteiger partial charge in [0.25, 0.3) is 0 Å². The third-order valence-corrected chi connectivity index (χ3v) is 3.71. The van der Waals surface area contributed by atoms with Gasteiger partial charge in [0.15, 0.2) is 0 Å². The highest BCUT2D eigenvalue weighted by molar-refractivity contribution is 5.69.